The molecule has 0 bridgehead atoms. The molecule has 11 heteroatoms. The van der Waals surface area contributed by atoms with E-state index in [-0.39, 0.29) is 11.7 Å². The number of nitrogens with zero attached hydrogens (tertiary/aromatic N) is 6. The summed E-state index contributed by atoms with van der Waals surface area (Å²) in [5, 5.41) is 11.9. The van der Waals surface area contributed by atoms with E-state index in [0.29, 0.717) is 42.8 Å². The van der Waals surface area contributed by atoms with Crippen molar-refractivity contribution in [3.63, 3.8) is 0 Å². The Morgan fingerprint density at radius 3 is 2.70 bits per heavy atom. The number of tetrazole rings is 1. The summed E-state index contributed by atoms with van der Waals surface area (Å²) >= 11 is 1.27. The predicted octanol–water partition coefficient (Wildman–Crippen LogP) is 0.973. The third kappa shape index (κ3) is 4.28. The molecule has 4 rings (SSSR count). The highest BCUT2D eigenvalue weighted by molar-refractivity contribution is 7.99. The molecule has 9 nitrogen and oxygen atoms in total. The second kappa shape index (κ2) is 8.86. The van der Waals surface area contributed by atoms with Crippen LogP contribution in [-0.2, 0) is 34.2 Å². The molecule has 30 heavy (non-hydrogen) atoms. The van der Waals surface area contributed by atoms with Gasteiger partial charge in [0.2, 0.25) is 21.1 Å². The zero-order valence-corrected chi connectivity index (χ0v) is 18.2. The number of thioether (sulfide) groups is 1. The van der Waals surface area contributed by atoms with E-state index < -0.39 is 10.0 Å². The van der Waals surface area contributed by atoms with Crippen LogP contribution in [0.3, 0.4) is 0 Å². The van der Waals surface area contributed by atoms with Crippen molar-refractivity contribution in [2.75, 3.05) is 31.9 Å². The van der Waals surface area contributed by atoms with Gasteiger partial charge in [0, 0.05) is 26.2 Å². The Morgan fingerprint density at radius 2 is 1.93 bits per heavy atom. The number of benzene rings is 1. The van der Waals surface area contributed by atoms with Gasteiger partial charge in [-0.3, -0.25) is 4.79 Å². The highest BCUT2D eigenvalue weighted by atomic mass is 32.2. The summed E-state index contributed by atoms with van der Waals surface area (Å²) < 4.78 is 29.1. The second-order valence-electron chi connectivity index (χ2n) is 7.29. The molecule has 1 aromatic carbocycles. The lowest BCUT2D eigenvalue weighted by atomic mass is 10.1. The van der Waals surface area contributed by atoms with Crippen LogP contribution in [0, 0.1) is 0 Å². The van der Waals surface area contributed by atoms with Crippen molar-refractivity contribution in [1.29, 1.82) is 0 Å². The highest BCUT2D eigenvalue weighted by Crippen LogP contribution is 2.27. The minimum atomic E-state index is -3.54. The molecule has 2 heterocycles. The Bertz CT molecular complexity index is 1040. The van der Waals surface area contributed by atoms with Crippen LogP contribution in [0.25, 0.3) is 0 Å². The summed E-state index contributed by atoms with van der Waals surface area (Å²) in [6, 6.07) is 5.46. The van der Waals surface area contributed by atoms with Crippen LogP contribution in [-0.4, -0.2) is 75.7 Å². The van der Waals surface area contributed by atoms with Crippen LogP contribution in [0.1, 0.15) is 17.5 Å². The van der Waals surface area contributed by atoms with Gasteiger partial charge in [0.15, 0.2) is 0 Å². The first-order valence-electron chi connectivity index (χ1n) is 9.88. The minimum absolute atomic E-state index is 0.0530. The molecule has 1 amide bonds. The summed E-state index contributed by atoms with van der Waals surface area (Å²) in [6.07, 6.45) is 4.73. The normalized spacial score (nSPS) is 17.1. The monoisotopic (exact) mass is 448 g/mol. The first kappa shape index (κ1) is 21.0. The van der Waals surface area contributed by atoms with Crippen molar-refractivity contribution in [3.05, 3.63) is 42.0 Å². The lowest BCUT2D eigenvalue weighted by Gasteiger charge is -2.34. The third-order valence-corrected chi connectivity index (χ3v) is 8.26. The Labute approximate surface area is 180 Å². The number of carbonyl (C=O) groups excluding carboxylic acids is 1. The quantitative estimate of drug-likeness (QED) is 0.459. The van der Waals surface area contributed by atoms with E-state index in [1.54, 1.807) is 21.7 Å². The van der Waals surface area contributed by atoms with E-state index in [9.17, 15) is 13.2 Å². The molecule has 0 unspecified atom stereocenters. The number of fused-ring (bicyclic) bond motifs is 1. The fourth-order valence-electron chi connectivity index (χ4n) is 3.79. The molecule has 0 saturated carbocycles. The molecule has 1 aromatic heterocycles. The zero-order valence-electron chi connectivity index (χ0n) is 16.6. The molecule has 0 N–H and O–H groups in total. The SMILES string of the molecule is C=CCn1nnnc1SCC(=O)N1CCN(S(=O)(=O)c2ccc3c(c2)CCC3)CC1. The van der Waals surface area contributed by atoms with Crippen molar-refractivity contribution in [3.8, 4) is 0 Å². The van der Waals surface area contributed by atoms with E-state index >= 15 is 0 Å². The van der Waals surface area contributed by atoms with Gasteiger partial charge in [0.25, 0.3) is 0 Å². The van der Waals surface area contributed by atoms with E-state index in [0.717, 1.165) is 24.8 Å². The molecule has 1 aliphatic carbocycles. The summed E-state index contributed by atoms with van der Waals surface area (Å²) in [7, 11) is -3.54. The van der Waals surface area contributed by atoms with Gasteiger partial charge in [0.05, 0.1) is 17.2 Å². The van der Waals surface area contributed by atoms with Gasteiger partial charge in [-0.1, -0.05) is 23.9 Å². The molecule has 160 valence electrons. The Balaban J connectivity index is 1.33. The number of carbonyl (C=O) groups is 1. The van der Waals surface area contributed by atoms with Gasteiger partial charge >= 0.3 is 0 Å². The average Bonchev–Trinajstić information content (AvgIpc) is 3.41. The number of sulfonamides is 1. The maximum absolute atomic E-state index is 13.0. The van der Waals surface area contributed by atoms with Crippen molar-refractivity contribution >= 4 is 27.7 Å². The number of rotatable bonds is 7. The molecular weight excluding hydrogens is 424 g/mol. The van der Waals surface area contributed by atoms with E-state index in [2.05, 4.69) is 22.1 Å². The molecule has 1 saturated heterocycles. The number of amides is 1. The van der Waals surface area contributed by atoms with E-state index in [4.69, 9.17) is 0 Å². The number of hydrogen-bond acceptors (Lipinski definition) is 7. The Kier molecular flexibility index (Phi) is 6.21. The van der Waals surface area contributed by atoms with Gasteiger partial charge in [-0.25, -0.2) is 13.1 Å². The first-order chi connectivity index (χ1) is 14.5. The lowest BCUT2D eigenvalue weighted by molar-refractivity contribution is -0.129. The average molecular weight is 449 g/mol. The molecule has 2 aromatic rings. The first-order valence-corrected chi connectivity index (χ1v) is 12.3. The standard InChI is InChI=1S/C19H24N6O3S2/c1-2-8-25-19(20-21-22-25)29-14-18(26)23-9-11-24(12-10-23)30(27,28)17-7-6-15-4-3-5-16(15)13-17/h2,6-7,13H,1,3-5,8-12,14H2. The number of piperazine rings is 1. The maximum Gasteiger partial charge on any atom is 0.243 e. The second-order valence-corrected chi connectivity index (χ2v) is 10.2. The number of aromatic nitrogens is 4. The van der Waals surface area contributed by atoms with Crippen LogP contribution in [0.4, 0.5) is 0 Å². The van der Waals surface area contributed by atoms with E-state index in [1.807, 2.05) is 12.1 Å². The van der Waals surface area contributed by atoms with Gasteiger partial charge in [-0.15, -0.1) is 11.7 Å². The van der Waals surface area contributed by atoms with Crippen molar-refractivity contribution in [2.45, 2.75) is 35.9 Å². The number of aryl methyl sites for hydroxylation is 2. The molecule has 2 aliphatic rings. The molecule has 0 atom stereocenters. The summed E-state index contributed by atoms with van der Waals surface area (Å²) in [4.78, 5) is 14.6. The maximum atomic E-state index is 13.0. The van der Waals surface area contributed by atoms with Crippen LogP contribution in [0.15, 0.2) is 40.9 Å². The molecule has 1 fully saturated rings. The predicted molar refractivity (Wildman–Crippen MR) is 113 cm³/mol. The van der Waals surface area contributed by atoms with Crippen LogP contribution in [0.2, 0.25) is 0 Å². The van der Waals surface area contributed by atoms with Gasteiger partial charge < -0.3 is 4.90 Å². The van der Waals surface area contributed by atoms with Crippen LogP contribution >= 0.6 is 11.8 Å². The zero-order chi connectivity index (χ0) is 21.1. The van der Waals surface area contributed by atoms with Crippen molar-refractivity contribution in [1.82, 2.24) is 29.4 Å². The van der Waals surface area contributed by atoms with Crippen LogP contribution < -0.4 is 0 Å². The lowest BCUT2D eigenvalue weighted by Crippen LogP contribution is -2.51. The smallest absolute Gasteiger partial charge is 0.243 e. The molecular formula is C19H24N6O3S2. The summed E-state index contributed by atoms with van der Waals surface area (Å²) in [6.45, 7) is 5.48. The van der Waals surface area contributed by atoms with Gasteiger partial charge in [0.1, 0.15) is 0 Å². The third-order valence-electron chi connectivity index (χ3n) is 5.42. The van der Waals surface area contributed by atoms with Gasteiger partial charge in [-0.2, -0.15) is 4.31 Å². The fraction of sp³-hybridized carbons (Fsp3) is 0.474. The Hall–Kier alpha value is -2.24. The minimum Gasteiger partial charge on any atom is -0.339 e. The number of hydrogen-bond donors (Lipinski definition) is 0. The largest absolute Gasteiger partial charge is 0.339 e. The van der Waals surface area contributed by atoms with Crippen LogP contribution in [0.5, 0.6) is 0 Å². The molecule has 0 spiro atoms. The van der Waals surface area contributed by atoms with Crippen molar-refractivity contribution < 1.29 is 13.2 Å². The Morgan fingerprint density at radius 1 is 1.17 bits per heavy atom. The molecule has 0 radical (unpaired) electrons. The molecule has 1 aliphatic heterocycles. The topological polar surface area (TPSA) is 101 Å². The number of allylic oxidation sites excluding steroid dienone is 1. The van der Waals surface area contributed by atoms with Crippen molar-refractivity contribution in [2.24, 2.45) is 0 Å². The van der Waals surface area contributed by atoms with Gasteiger partial charge in [-0.05, 0) is 52.9 Å². The van der Waals surface area contributed by atoms with E-state index in [1.165, 1.54) is 21.6 Å². The summed E-state index contributed by atoms with van der Waals surface area (Å²) in [5.74, 6) is 0.150. The highest BCUT2D eigenvalue weighted by Gasteiger charge is 2.31. The summed E-state index contributed by atoms with van der Waals surface area (Å²) in [5.41, 5.74) is 2.39. The fourth-order valence-corrected chi connectivity index (χ4v) is 6.05.